The first-order valence-corrected chi connectivity index (χ1v) is 5.92. The summed E-state index contributed by atoms with van der Waals surface area (Å²) in [6.07, 6.45) is 1.26. The fourth-order valence-electron chi connectivity index (χ4n) is 2.01. The summed E-state index contributed by atoms with van der Waals surface area (Å²) in [5.41, 5.74) is 2.01. The number of benzene rings is 1. The van der Waals surface area contributed by atoms with Crippen molar-refractivity contribution < 1.29 is 14.6 Å². The van der Waals surface area contributed by atoms with Crippen molar-refractivity contribution in [3.05, 3.63) is 29.8 Å². The van der Waals surface area contributed by atoms with Crippen LogP contribution in [0.3, 0.4) is 0 Å². The van der Waals surface area contributed by atoms with E-state index in [1.54, 1.807) is 0 Å². The fraction of sp³-hybridized carbons (Fsp3) is 0.462. The number of hydrogen-bond donors (Lipinski definition) is 1. The number of ether oxygens (including phenoxy) is 1. The number of carbonyl (C=O) groups excluding carboxylic acids is 1. The van der Waals surface area contributed by atoms with Gasteiger partial charge < -0.3 is 9.84 Å². The van der Waals surface area contributed by atoms with Gasteiger partial charge in [0.25, 0.3) is 0 Å². The largest absolute Gasteiger partial charge is 0.449 e. The smallest absolute Gasteiger partial charge is 0.414 e. The summed E-state index contributed by atoms with van der Waals surface area (Å²) < 4.78 is 5.01. The molecule has 1 heterocycles. The predicted molar refractivity (Wildman–Crippen MR) is 65.1 cm³/mol. The zero-order chi connectivity index (χ0) is 12.3. The van der Waals surface area contributed by atoms with Crippen molar-refractivity contribution in [3.8, 4) is 0 Å². The van der Waals surface area contributed by atoms with E-state index < -0.39 is 0 Å². The molecule has 1 aromatic carbocycles. The third kappa shape index (κ3) is 2.42. The van der Waals surface area contributed by atoms with E-state index in [4.69, 9.17) is 4.74 Å². The van der Waals surface area contributed by atoms with Gasteiger partial charge in [-0.15, -0.1) is 0 Å². The van der Waals surface area contributed by atoms with Gasteiger partial charge in [-0.1, -0.05) is 19.1 Å². The van der Waals surface area contributed by atoms with Crippen LogP contribution >= 0.6 is 0 Å². The number of rotatable bonds is 3. The average molecular weight is 235 g/mol. The van der Waals surface area contributed by atoms with Gasteiger partial charge in [-0.2, -0.15) is 0 Å². The lowest BCUT2D eigenvalue weighted by Crippen LogP contribution is -2.47. The van der Waals surface area contributed by atoms with Crippen molar-refractivity contribution in [3.63, 3.8) is 0 Å². The second kappa shape index (κ2) is 5.19. The molecular formula is C13H17NO3. The van der Waals surface area contributed by atoms with Crippen LogP contribution in [-0.2, 0) is 11.2 Å². The van der Waals surface area contributed by atoms with E-state index in [0.717, 1.165) is 12.1 Å². The molecule has 92 valence electrons. The van der Waals surface area contributed by atoms with Crippen LogP contribution < -0.4 is 4.90 Å². The number of aliphatic hydroxyl groups is 1. The van der Waals surface area contributed by atoms with Crippen molar-refractivity contribution in [1.82, 2.24) is 0 Å². The molecule has 0 aliphatic carbocycles. The van der Waals surface area contributed by atoms with Crippen LogP contribution in [0.1, 0.15) is 18.9 Å². The Bertz CT molecular complexity index is 388. The van der Waals surface area contributed by atoms with Crippen LogP contribution in [0.15, 0.2) is 24.3 Å². The molecule has 0 radical (unpaired) electrons. The van der Waals surface area contributed by atoms with Crippen molar-refractivity contribution >= 4 is 11.8 Å². The summed E-state index contributed by atoms with van der Waals surface area (Å²) in [4.78, 5) is 13.2. The number of nitrogens with zero attached hydrogens (tertiary/aromatic N) is 1. The SMILES string of the molecule is CCc1ccc(N2C(=O)OCCC2CO)cc1. The molecule has 1 aliphatic heterocycles. The average Bonchev–Trinajstić information content (AvgIpc) is 2.38. The molecular weight excluding hydrogens is 218 g/mol. The number of amides is 1. The fourth-order valence-corrected chi connectivity index (χ4v) is 2.01. The first-order chi connectivity index (χ1) is 8.26. The first kappa shape index (κ1) is 11.9. The number of aryl methyl sites for hydroxylation is 1. The van der Waals surface area contributed by atoms with Gasteiger partial charge in [-0.05, 0) is 24.1 Å². The van der Waals surface area contributed by atoms with Gasteiger partial charge in [0, 0.05) is 12.1 Å². The van der Waals surface area contributed by atoms with Gasteiger partial charge in [-0.25, -0.2) is 4.79 Å². The Balaban J connectivity index is 2.25. The Hall–Kier alpha value is -1.55. The molecule has 4 nitrogen and oxygen atoms in total. The van der Waals surface area contributed by atoms with Gasteiger partial charge in [-0.3, -0.25) is 4.90 Å². The van der Waals surface area contributed by atoms with Crippen LogP contribution in [0.25, 0.3) is 0 Å². The van der Waals surface area contributed by atoms with Gasteiger partial charge in [0.05, 0.1) is 19.3 Å². The number of hydrogen-bond acceptors (Lipinski definition) is 3. The summed E-state index contributed by atoms with van der Waals surface area (Å²) in [6, 6.07) is 7.60. The molecule has 0 spiro atoms. The molecule has 0 saturated carbocycles. The van der Waals surface area contributed by atoms with Crippen LogP contribution in [0.2, 0.25) is 0 Å². The molecule has 1 unspecified atom stereocenters. The topological polar surface area (TPSA) is 49.8 Å². The predicted octanol–water partition coefficient (Wildman–Crippen LogP) is 1.96. The highest BCUT2D eigenvalue weighted by Crippen LogP contribution is 2.23. The highest BCUT2D eigenvalue weighted by Gasteiger charge is 2.30. The summed E-state index contributed by atoms with van der Waals surface area (Å²) in [6.45, 7) is 2.43. The molecule has 17 heavy (non-hydrogen) atoms. The second-order valence-electron chi connectivity index (χ2n) is 4.13. The van der Waals surface area contributed by atoms with Crippen LogP contribution in [0.5, 0.6) is 0 Å². The van der Waals surface area contributed by atoms with E-state index >= 15 is 0 Å². The minimum atomic E-state index is -0.375. The minimum absolute atomic E-state index is 0.0371. The zero-order valence-electron chi connectivity index (χ0n) is 9.93. The number of carbonyl (C=O) groups is 1. The monoisotopic (exact) mass is 235 g/mol. The molecule has 1 aliphatic rings. The summed E-state index contributed by atoms with van der Waals surface area (Å²) in [7, 11) is 0. The standard InChI is InChI=1S/C13H17NO3/c1-2-10-3-5-11(6-4-10)14-12(9-15)7-8-17-13(14)16/h3-6,12,15H,2,7-9H2,1H3. The van der Waals surface area contributed by atoms with Crippen LogP contribution in [0, 0.1) is 0 Å². The van der Waals surface area contributed by atoms with Gasteiger partial charge in [0.2, 0.25) is 0 Å². The molecule has 1 aromatic rings. The van der Waals surface area contributed by atoms with E-state index in [1.807, 2.05) is 24.3 Å². The normalized spacial score (nSPS) is 20.2. The van der Waals surface area contributed by atoms with E-state index in [1.165, 1.54) is 10.5 Å². The number of aliphatic hydroxyl groups excluding tert-OH is 1. The minimum Gasteiger partial charge on any atom is -0.449 e. The summed E-state index contributed by atoms with van der Waals surface area (Å²) in [5, 5.41) is 9.29. The molecule has 0 bridgehead atoms. The van der Waals surface area contributed by atoms with Crippen LogP contribution in [0.4, 0.5) is 10.5 Å². The Morgan fingerprint density at radius 3 is 2.71 bits per heavy atom. The molecule has 1 N–H and O–H groups in total. The third-order valence-electron chi connectivity index (χ3n) is 3.07. The summed E-state index contributed by atoms with van der Waals surface area (Å²) in [5.74, 6) is 0. The van der Waals surface area contributed by atoms with E-state index in [0.29, 0.717) is 13.0 Å². The Morgan fingerprint density at radius 1 is 1.41 bits per heavy atom. The van der Waals surface area contributed by atoms with E-state index in [9.17, 15) is 9.90 Å². The van der Waals surface area contributed by atoms with E-state index in [2.05, 4.69) is 6.92 Å². The molecule has 2 rings (SSSR count). The molecule has 1 atom stereocenters. The lowest BCUT2D eigenvalue weighted by Gasteiger charge is -2.33. The lowest BCUT2D eigenvalue weighted by atomic mass is 10.1. The van der Waals surface area contributed by atoms with Gasteiger partial charge in [0.1, 0.15) is 0 Å². The number of anilines is 1. The van der Waals surface area contributed by atoms with E-state index in [-0.39, 0.29) is 18.7 Å². The highest BCUT2D eigenvalue weighted by atomic mass is 16.6. The molecule has 1 saturated heterocycles. The van der Waals surface area contributed by atoms with Crippen LogP contribution in [-0.4, -0.2) is 30.5 Å². The lowest BCUT2D eigenvalue weighted by molar-refractivity contribution is 0.116. The molecule has 4 heteroatoms. The van der Waals surface area contributed by atoms with Gasteiger partial charge in [0.15, 0.2) is 0 Å². The maximum atomic E-state index is 11.7. The van der Waals surface area contributed by atoms with Crippen molar-refractivity contribution in [1.29, 1.82) is 0 Å². The van der Waals surface area contributed by atoms with Crippen molar-refractivity contribution in [2.45, 2.75) is 25.8 Å². The zero-order valence-corrected chi connectivity index (χ0v) is 9.93. The van der Waals surface area contributed by atoms with Crippen molar-refractivity contribution in [2.75, 3.05) is 18.1 Å². The maximum absolute atomic E-state index is 11.7. The summed E-state index contributed by atoms with van der Waals surface area (Å²) >= 11 is 0. The third-order valence-corrected chi connectivity index (χ3v) is 3.07. The molecule has 0 aromatic heterocycles. The molecule has 1 fully saturated rings. The first-order valence-electron chi connectivity index (χ1n) is 5.92. The molecule has 1 amide bonds. The van der Waals surface area contributed by atoms with Gasteiger partial charge >= 0.3 is 6.09 Å². The number of cyclic esters (lactones) is 1. The highest BCUT2D eigenvalue weighted by molar-refractivity contribution is 5.89. The Labute approximate surface area is 101 Å². The Morgan fingerprint density at radius 2 is 2.12 bits per heavy atom. The second-order valence-corrected chi connectivity index (χ2v) is 4.13. The van der Waals surface area contributed by atoms with Crippen molar-refractivity contribution in [2.24, 2.45) is 0 Å². The quantitative estimate of drug-likeness (QED) is 0.871. The Kier molecular flexibility index (Phi) is 3.64. The maximum Gasteiger partial charge on any atom is 0.414 e.